The van der Waals surface area contributed by atoms with Gasteiger partial charge in [-0.3, -0.25) is 9.59 Å². The molecule has 15 nitrogen and oxygen atoms in total. The highest BCUT2D eigenvalue weighted by atomic mass is 16.7. The van der Waals surface area contributed by atoms with Crippen LogP contribution in [0.5, 0.6) is 0 Å². The van der Waals surface area contributed by atoms with Crippen molar-refractivity contribution >= 4 is 11.9 Å². The van der Waals surface area contributed by atoms with E-state index in [1.165, 1.54) is 51.4 Å². The van der Waals surface area contributed by atoms with Crippen molar-refractivity contribution in [2.45, 2.75) is 229 Å². The van der Waals surface area contributed by atoms with E-state index in [1.54, 1.807) is 0 Å². The molecule has 366 valence electrons. The predicted molar refractivity (Wildman–Crippen MR) is 238 cm³/mol. The molecule has 2 saturated heterocycles. The molecule has 2 aliphatic heterocycles. The fourth-order valence-electron chi connectivity index (χ4n) is 7.29. The van der Waals surface area contributed by atoms with Gasteiger partial charge in [0.1, 0.15) is 55.4 Å². The summed E-state index contributed by atoms with van der Waals surface area (Å²) in [5, 5.41) is 71.9. The van der Waals surface area contributed by atoms with Crippen molar-refractivity contribution < 1.29 is 73.8 Å². The number of ether oxygens (including phenoxy) is 6. The zero-order valence-electron chi connectivity index (χ0n) is 38.3. The van der Waals surface area contributed by atoms with Crippen LogP contribution in [-0.2, 0) is 38.0 Å². The van der Waals surface area contributed by atoms with Gasteiger partial charge in [-0.25, -0.2) is 0 Å². The maximum Gasteiger partial charge on any atom is 0.306 e. The number of carbonyl (C=O) groups excluding carboxylic acids is 2. The lowest BCUT2D eigenvalue weighted by Gasteiger charge is -2.42. The van der Waals surface area contributed by atoms with Crippen LogP contribution in [0.25, 0.3) is 0 Å². The van der Waals surface area contributed by atoms with Gasteiger partial charge in [0.2, 0.25) is 0 Å². The average Bonchev–Trinajstić information content (AvgIpc) is 3.28. The van der Waals surface area contributed by atoms with Gasteiger partial charge in [0, 0.05) is 12.8 Å². The molecule has 15 heteroatoms. The Balaban J connectivity index is 1.86. The zero-order chi connectivity index (χ0) is 46.1. The summed E-state index contributed by atoms with van der Waals surface area (Å²) in [5.41, 5.74) is 0. The van der Waals surface area contributed by atoms with Gasteiger partial charge in [0.05, 0.1) is 19.8 Å². The summed E-state index contributed by atoms with van der Waals surface area (Å²) in [5.74, 6) is -0.962. The highest BCUT2D eigenvalue weighted by Crippen LogP contribution is 2.26. The molecule has 4 unspecified atom stereocenters. The second-order valence-corrected chi connectivity index (χ2v) is 16.9. The first-order valence-corrected chi connectivity index (χ1v) is 24.1. The fraction of sp³-hybridized carbons (Fsp3) is 0.833. The van der Waals surface area contributed by atoms with E-state index in [4.69, 9.17) is 28.4 Å². The molecule has 0 radical (unpaired) electrons. The standard InChI is InChI=1S/C48H84O15/c1-3-5-7-9-11-13-15-17-19-21-23-25-27-29-31-40(51)61-36(33-58-39(50)30-28-26-24-22-20-18-16-14-12-10-8-6-4-2)34-59-47-46(57)44(55)42(53)38(63-47)35-60-48-45(56)43(54)41(52)37(32-49)62-48/h9,11,15,17-18,20,36-38,41-49,52-57H,3-8,10,12-14,16,19,21-35H2,1-2H3/b11-9+,17-15+,20-18+/t36-,37-,38-,41+,42+,43?,44?,45?,46?,47-,48-/m1/s1. The molecular formula is C48H84O15. The smallest absolute Gasteiger partial charge is 0.306 e. The van der Waals surface area contributed by atoms with Crippen LogP contribution in [0.1, 0.15) is 162 Å². The summed E-state index contributed by atoms with van der Waals surface area (Å²) in [6.45, 7) is 2.49. The summed E-state index contributed by atoms with van der Waals surface area (Å²) in [6, 6.07) is 0. The van der Waals surface area contributed by atoms with Crippen molar-refractivity contribution in [3.63, 3.8) is 0 Å². The van der Waals surface area contributed by atoms with E-state index < -0.39 is 99.3 Å². The highest BCUT2D eigenvalue weighted by molar-refractivity contribution is 5.70. The van der Waals surface area contributed by atoms with Crippen molar-refractivity contribution in [1.29, 1.82) is 0 Å². The van der Waals surface area contributed by atoms with Crippen molar-refractivity contribution in [2.24, 2.45) is 0 Å². The molecule has 2 fully saturated rings. The minimum Gasteiger partial charge on any atom is -0.462 e. The Morgan fingerprint density at radius 1 is 0.508 bits per heavy atom. The minimum atomic E-state index is -1.77. The largest absolute Gasteiger partial charge is 0.462 e. The summed E-state index contributed by atoms with van der Waals surface area (Å²) in [6.07, 6.45) is 18.9. The first-order chi connectivity index (χ1) is 30.5. The van der Waals surface area contributed by atoms with Gasteiger partial charge in [-0.05, 0) is 64.2 Å². The van der Waals surface area contributed by atoms with Gasteiger partial charge < -0.3 is 64.2 Å². The Morgan fingerprint density at radius 3 is 1.56 bits per heavy atom. The Kier molecular flexibility index (Phi) is 32.4. The second kappa shape index (κ2) is 35.9. The van der Waals surface area contributed by atoms with Crippen molar-refractivity contribution in [3.05, 3.63) is 36.5 Å². The van der Waals surface area contributed by atoms with Crippen LogP contribution < -0.4 is 0 Å². The first kappa shape index (κ1) is 56.8. The maximum atomic E-state index is 12.9. The van der Waals surface area contributed by atoms with E-state index in [9.17, 15) is 45.3 Å². The lowest BCUT2D eigenvalue weighted by Crippen LogP contribution is -2.61. The lowest BCUT2D eigenvalue weighted by molar-refractivity contribution is -0.332. The predicted octanol–water partition coefficient (Wildman–Crippen LogP) is 5.76. The van der Waals surface area contributed by atoms with E-state index in [0.29, 0.717) is 12.8 Å². The van der Waals surface area contributed by atoms with Crippen molar-refractivity contribution in [3.8, 4) is 0 Å². The van der Waals surface area contributed by atoms with Crippen LogP contribution in [0.2, 0.25) is 0 Å². The minimum absolute atomic E-state index is 0.146. The molecule has 0 aromatic rings. The molecule has 2 aliphatic rings. The Hall–Kier alpha value is -2.28. The Labute approximate surface area is 376 Å². The number of carbonyl (C=O) groups is 2. The number of hydrogen-bond donors (Lipinski definition) is 7. The molecule has 0 aromatic heterocycles. The molecule has 7 N–H and O–H groups in total. The second-order valence-electron chi connectivity index (χ2n) is 16.9. The van der Waals surface area contributed by atoms with Gasteiger partial charge >= 0.3 is 11.9 Å². The summed E-state index contributed by atoms with van der Waals surface area (Å²) < 4.78 is 33.5. The number of esters is 2. The van der Waals surface area contributed by atoms with Crippen LogP contribution in [0.4, 0.5) is 0 Å². The lowest BCUT2D eigenvalue weighted by atomic mass is 9.98. The number of rotatable bonds is 36. The highest BCUT2D eigenvalue weighted by Gasteiger charge is 2.47. The SMILES string of the molecule is CCCC/C=C/C/C=C/CCCCCCCC(=O)O[C@H](COC(=O)CCCCC/C=C/CCCCCCCC)CO[C@@H]1O[C@H](CO[C@@H]2O[C@H](CO)[C@H](O)C(O)C2O)[C@H](O)C(O)C1O. The third kappa shape index (κ3) is 24.7. The van der Waals surface area contributed by atoms with E-state index in [1.807, 2.05) is 0 Å². The maximum absolute atomic E-state index is 12.9. The van der Waals surface area contributed by atoms with E-state index in [-0.39, 0.29) is 19.4 Å². The molecule has 11 atom stereocenters. The van der Waals surface area contributed by atoms with Crippen LogP contribution in [0.3, 0.4) is 0 Å². The van der Waals surface area contributed by atoms with Crippen LogP contribution >= 0.6 is 0 Å². The van der Waals surface area contributed by atoms with E-state index >= 15 is 0 Å². The molecule has 0 aliphatic carbocycles. The van der Waals surface area contributed by atoms with Crippen LogP contribution in [-0.4, -0.2) is 142 Å². The van der Waals surface area contributed by atoms with Crippen molar-refractivity contribution in [2.75, 3.05) is 26.4 Å². The molecule has 0 aromatic carbocycles. The quantitative estimate of drug-likeness (QED) is 0.0225. The molecule has 0 spiro atoms. The zero-order valence-corrected chi connectivity index (χ0v) is 38.3. The number of aliphatic hydroxyl groups is 7. The molecular weight excluding hydrogens is 817 g/mol. The topological polar surface area (TPSA) is 231 Å². The van der Waals surface area contributed by atoms with Gasteiger partial charge in [-0.15, -0.1) is 0 Å². The van der Waals surface area contributed by atoms with Crippen LogP contribution in [0, 0.1) is 0 Å². The molecule has 63 heavy (non-hydrogen) atoms. The van der Waals surface area contributed by atoms with Crippen LogP contribution in [0.15, 0.2) is 36.5 Å². The van der Waals surface area contributed by atoms with E-state index in [0.717, 1.165) is 70.6 Å². The number of aliphatic hydroxyl groups excluding tert-OH is 7. The van der Waals surface area contributed by atoms with Gasteiger partial charge in [0.15, 0.2) is 18.7 Å². The van der Waals surface area contributed by atoms with Gasteiger partial charge in [-0.1, -0.05) is 121 Å². The molecule has 0 bridgehead atoms. The Bertz CT molecular complexity index is 1240. The molecule has 2 heterocycles. The number of allylic oxidation sites excluding steroid dienone is 6. The van der Waals surface area contributed by atoms with Gasteiger partial charge in [0.25, 0.3) is 0 Å². The molecule has 0 saturated carbocycles. The third-order valence-corrected chi connectivity index (χ3v) is 11.3. The first-order valence-electron chi connectivity index (χ1n) is 24.1. The summed E-state index contributed by atoms with van der Waals surface area (Å²) >= 11 is 0. The monoisotopic (exact) mass is 901 g/mol. The van der Waals surface area contributed by atoms with E-state index in [2.05, 4.69) is 50.3 Å². The molecule has 2 rings (SSSR count). The normalized spacial score (nSPS) is 27.1. The number of hydrogen-bond acceptors (Lipinski definition) is 15. The van der Waals surface area contributed by atoms with Gasteiger partial charge in [-0.2, -0.15) is 0 Å². The Morgan fingerprint density at radius 2 is 0.968 bits per heavy atom. The average molecular weight is 901 g/mol. The number of unbranched alkanes of at least 4 members (excludes halogenated alkanes) is 16. The summed E-state index contributed by atoms with van der Waals surface area (Å²) in [7, 11) is 0. The fourth-order valence-corrected chi connectivity index (χ4v) is 7.29. The molecule has 0 amide bonds. The summed E-state index contributed by atoms with van der Waals surface area (Å²) in [4.78, 5) is 25.6. The van der Waals surface area contributed by atoms with Crippen molar-refractivity contribution in [1.82, 2.24) is 0 Å². The third-order valence-electron chi connectivity index (χ3n) is 11.3.